The Labute approximate surface area is 165 Å². The third-order valence-corrected chi connectivity index (χ3v) is 3.76. The third-order valence-electron chi connectivity index (χ3n) is 3.76. The summed E-state index contributed by atoms with van der Waals surface area (Å²) < 4.78 is 0. The van der Waals surface area contributed by atoms with E-state index in [1.807, 2.05) is 44.2 Å². The van der Waals surface area contributed by atoms with Gasteiger partial charge >= 0.3 is 0 Å². The van der Waals surface area contributed by atoms with Crippen LogP contribution in [0.5, 0.6) is 0 Å². The van der Waals surface area contributed by atoms with E-state index in [4.69, 9.17) is 0 Å². The summed E-state index contributed by atoms with van der Waals surface area (Å²) in [6, 6.07) is 8.53. The molecule has 1 atom stereocenters. The first-order valence-corrected chi connectivity index (χ1v) is 9.00. The molecule has 1 unspecified atom stereocenters. The maximum atomic E-state index is 12.0. The Morgan fingerprint density at radius 3 is 2.29 bits per heavy atom. The molecule has 3 N–H and O–H groups in total. The summed E-state index contributed by atoms with van der Waals surface area (Å²) in [4.78, 5) is 23.8. The summed E-state index contributed by atoms with van der Waals surface area (Å²) in [5.41, 5.74) is 0.805. The average molecular weight is 386 g/mol. The predicted molar refractivity (Wildman–Crippen MR) is 103 cm³/mol. The minimum Gasteiger partial charge on any atom is -0.394 e. The Hall–Kier alpha value is -2.84. The number of carbonyl (C=O) groups excluding carboxylic acids is 2. The van der Waals surface area contributed by atoms with E-state index in [1.54, 1.807) is 0 Å². The van der Waals surface area contributed by atoms with Gasteiger partial charge in [0.2, 0.25) is 11.8 Å². The van der Waals surface area contributed by atoms with Crippen molar-refractivity contribution in [3.63, 3.8) is 0 Å². The summed E-state index contributed by atoms with van der Waals surface area (Å²) in [7, 11) is 0. The Bertz CT molecular complexity index is 756. The summed E-state index contributed by atoms with van der Waals surface area (Å²) in [5, 5.41) is 29.7. The van der Waals surface area contributed by atoms with Crippen molar-refractivity contribution >= 4 is 11.8 Å². The number of amides is 2. The molecule has 0 saturated carbocycles. The molecule has 0 saturated heterocycles. The fourth-order valence-electron chi connectivity index (χ4n) is 2.33. The molecule has 1 aromatic carbocycles. The first-order valence-electron chi connectivity index (χ1n) is 9.00. The highest BCUT2D eigenvalue weighted by molar-refractivity contribution is 5.83. The van der Waals surface area contributed by atoms with Gasteiger partial charge in [0, 0.05) is 18.4 Å². The molecule has 0 spiro atoms. The van der Waals surface area contributed by atoms with E-state index < -0.39 is 17.9 Å². The fourth-order valence-corrected chi connectivity index (χ4v) is 2.33. The predicted octanol–water partition coefficient (Wildman–Crippen LogP) is 1.66. The Morgan fingerprint density at radius 1 is 1.04 bits per heavy atom. The maximum absolute atomic E-state index is 12.0. The van der Waals surface area contributed by atoms with Crippen LogP contribution in [0.4, 0.5) is 0 Å². The zero-order valence-corrected chi connectivity index (χ0v) is 16.1. The van der Waals surface area contributed by atoms with Crippen LogP contribution in [0.2, 0.25) is 0 Å². The molecule has 0 aliphatic heterocycles. The molecule has 0 radical (unpaired) electrons. The van der Waals surface area contributed by atoms with E-state index in [0.717, 1.165) is 5.56 Å². The lowest BCUT2D eigenvalue weighted by Gasteiger charge is -2.25. The number of carbonyl (C=O) groups is 2. The van der Waals surface area contributed by atoms with Crippen LogP contribution in [0.15, 0.2) is 30.3 Å². The molecule has 0 bridgehead atoms. The van der Waals surface area contributed by atoms with Crippen LogP contribution in [0.3, 0.4) is 0 Å². The number of aliphatic hydroxyl groups excluding tert-OH is 1. The molecule has 7 heteroatoms. The highest BCUT2D eigenvalue weighted by Crippen LogP contribution is 2.11. The molecule has 7 nitrogen and oxygen atoms in total. The van der Waals surface area contributed by atoms with Crippen molar-refractivity contribution in [2.24, 2.45) is 5.92 Å². The van der Waals surface area contributed by atoms with E-state index in [0.29, 0.717) is 16.5 Å². The summed E-state index contributed by atoms with van der Waals surface area (Å²) in [5.74, 6) is 9.31. The van der Waals surface area contributed by atoms with Crippen molar-refractivity contribution in [2.75, 3.05) is 13.2 Å². The largest absolute Gasteiger partial charge is 0.394 e. The van der Waals surface area contributed by atoms with E-state index in [2.05, 4.69) is 23.7 Å². The van der Waals surface area contributed by atoms with Gasteiger partial charge in [0.1, 0.15) is 6.54 Å². The maximum Gasteiger partial charge on any atom is 0.247 e. The number of hydrogen-bond donors (Lipinski definition) is 3. The minimum absolute atomic E-state index is 0.178. The number of hydroxylamine groups is 4. The van der Waals surface area contributed by atoms with Crippen molar-refractivity contribution in [3.05, 3.63) is 35.9 Å². The van der Waals surface area contributed by atoms with Crippen LogP contribution < -0.4 is 0 Å². The first-order chi connectivity index (χ1) is 13.3. The van der Waals surface area contributed by atoms with Gasteiger partial charge in [0.05, 0.1) is 12.6 Å². The Balaban J connectivity index is 2.43. The van der Waals surface area contributed by atoms with E-state index in [1.165, 1.54) is 0 Å². The number of rotatable bonds is 8. The lowest BCUT2D eigenvalue weighted by Crippen LogP contribution is -2.41. The molecule has 28 heavy (non-hydrogen) atoms. The van der Waals surface area contributed by atoms with E-state index >= 15 is 0 Å². The van der Waals surface area contributed by atoms with E-state index in [-0.39, 0.29) is 31.9 Å². The number of benzene rings is 1. The van der Waals surface area contributed by atoms with Gasteiger partial charge in [-0.05, 0) is 36.3 Å². The first kappa shape index (κ1) is 23.2. The molecule has 1 aromatic rings. The fraction of sp³-hybridized carbons (Fsp3) is 0.429. The van der Waals surface area contributed by atoms with Gasteiger partial charge in [-0.15, -0.1) is 0 Å². The Morgan fingerprint density at radius 2 is 1.68 bits per heavy atom. The zero-order chi connectivity index (χ0) is 20.9. The van der Waals surface area contributed by atoms with Crippen LogP contribution in [0.1, 0.15) is 38.7 Å². The van der Waals surface area contributed by atoms with Gasteiger partial charge in [-0.25, -0.2) is 10.1 Å². The van der Waals surface area contributed by atoms with Crippen molar-refractivity contribution < 1.29 is 25.1 Å². The van der Waals surface area contributed by atoms with Gasteiger partial charge in [0.15, 0.2) is 0 Å². The molecule has 1 rings (SSSR count). The van der Waals surface area contributed by atoms with Crippen LogP contribution in [0.25, 0.3) is 0 Å². The highest BCUT2D eigenvalue weighted by Gasteiger charge is 2.23. The summed E-state index contributed by atoms with van der Waals surface area (Å²) in [6.07, 6.45) is -0.149. The molecule has 0 aliphatic rings. The van der Waals surface area contributed by atoms with Crippen LogP contribution >= 0.6 is 0 Å². The highest BCUT2D eigenvalue weighted by atomic mass is 16.5. The van der Waals surface area contributed by atoms with Crippen molar-refractivity contribution in [3.8, 4) is 23.7 Å². The average Bonchev–Trinajstić information content (AvgIpc) is 2.69. The molecule has 150 valence electrons. The smallest absolute Gasteiger partial charge is 0.247 e. The monoisotopic (exact) mass is 386 g/mol. The molecular formula is C21H26N2O5. The van der Waals surface area contributed by atoms with Crippen molar-refractivity contribution in [1.82, 2.24) is 10.1 Å². The normalized spacial score (nSPS) is 10.9. The van der Waals surface area contributed by atoms with Gasteiger partial charge in [-0.1, -0.05) is 43.9 Å². The topological polar surface area (TPSA) is 101 Å². The molecular weight excluding hydrogens is 360 g/mol. The number of aliphatic hydroxyl groups is 1. The summed E-state index contributed by atoms with van der Waals surface area (Å²) in [6.45, 7) is 3.19. The van der Waals surface area contributed by atoms with Crippen molar-refractivity contribution in [2.45, 2.75) is 39.2 Å². The zero-order valence-electron chi connectivity index (χ0n) is 16.1. The van der Waals surface area contributed by atoms with Gasteiger partial charge in [0.25, 0.3) is 0 Å². The Kier molecular flexibility index (Phi) is 10.4. The van der Waals surface area contributed by atoms with E-state index in [9.17, 15) is 25.1 Å². The van der Waals surface area contributed by atoms with Crippen molar-refractivity contribution in [1.29, 1.82) is 0 Å². The lowest BCUT2D eigenvalue weighted by molar-refractivity contribution is -0.182. The minimum atomic E-state index is -0.720. The van der Waals surface area contributed by atoms with Gasteiger partial charge in [-0.3, -0.25) is 20.0 Å². The SMILES string of the molecule is CC(C)CC(CO)N(O)C(=O)CCC(=O)N(O)CC#CC#Cc1ccccc1. The molecule has 0 aliphatic carbocycles. The molecule has 0 heterocycles. The van der Waals surface area contributed by atoms with Gasteiger partial charge in [-0.2, -0.15) is 0 Å². The quantitative estimate of drug-likeness (QED) is 0.358. The second kappa shape index (κ2) is 12.5. The second-order valence-corrected chi connectivity index (χ2v) is 6.57. The van der Waals surface area contributed by atoms with Crippen LogP contribution in [-0.2, 0) is 9.59 Å². The standard InChI is InChI=1S/C21H26N2O5/c1-17(2)15-19(16-24)23(28)21(26)13-12-20(25)22(27)14-8-4-7-11-18-9-5-3-6-10-18/h3,5-6,9-10,17,19,24,27-28H,12-16H2,1-2H3. The molecule has 0 fully saturated rings. The van der Waals surface area contributed by atoms with Crippen LogP contribution in [-0.4, -0.2) is 56.7 Å². The number of hydrogen-bond acceptors (Lipinski definition) is 5. The third kappa shape index (κ3) is 8.70. The summed E-state index contributed by atoms with van der Waals surface area (Å²) >= 11 is 0. The van der Waals surface area contributed by atoms with Gasteiger partial charge < -0.3 is 5.11 Å². The second-order valence-electron chi connectivity index (χ2n) is 6.57. The number of nitrogens with zero attached hydrogens (tertiary/aromatic N) is 2. The van der Waals surface area contributed by atoms with Crippen LogP contribution in [0, 0.1) is 29.6 Å². The molecule has 2 amide bonds. The molecule has 0 aromatic heterocycles. The lowest BCUT2D eigenvalue weighted by atomic mass is 10.0.